The Morgan fingerprint density at radius 1 is 1.17 bits per heavy atom. The van der Waals surface area contributed by atoms with Crippen molar-refractivity contribution in [2.45, 2.75) is 40.7 Å². The summed E-state index contributed by atoms with van der Waals surface area (Å²) in [6.45, 7) is 11.5. The number of rotatable bonds is 8. The molecule has 1 heterocycles. The summed E-state index contributed by atoms with van der Waals surface area (Å²) < 4.78 is 0. The Kier molecular flexibility index (Phi) is 8.69. The number of hydrogen-bond acceptors (Lipinski definition) is 3. The zero-order chi connectivity index (χ0) is 17.2. The van der Waals surface area contributed by atoms with E-state index in [9.17, 15) is 4.79 Å². The Bertz CT molecular complexity index is 508. The zero-order valence-electron chi connectivity index (χ0n) is 15.1. The molecule has 0 fully saturated rings. The molecule has 0 radical (unpaired) electrons. The van der Waals surface area contributed by atoms with Gasteiger partial charge in [-0.15, -0.1) is 11.3 Å². The maximum Gasteiger partial charge on any atom is 0.242 e. The van der Waals surface area contributed by atoms with Crippen LogP contribution in [0.25, 0.3) is 0 Å². The topological polar surface area (TPSA) is 47.9 Å². The van der Waals surface area contributed by atoms with E-state index in [1.807, 2.05) is 37.6 Å². The van der Waals surface area contributed by atoms with Crippen LogP contribution in [0, 0.1) is 0 Å². The smallest absolute Gasteiger partial charge is 0.242 e. The van der Waals surface area contributed by atoms with E-state index >= 15 is 0 Å². The first-order valence-electron chi connectivity index (χ1n) is 8.40. The van der Waals surface area contributed by atoms with Gasteiger partial charge in [0.2, 0.25) is 5.91 Å². The van der Waals surface area contributed by atoms with Gasteiger partial charge in [0.15, 0.2) is 5.96 Å². The highest BCUT2D eigenvalue weighted by atomic mass is 32.1. The monoisotopic (exact) mass is 338 g/mol. The van der Waals surface area contributed by atoms with Crippen LogP contribution in [0.3, 0.4) is 0 Å². The van der Waals surface area contributed by atoms with E-state index in [-0.39, 0.29) is 5.91 Å². The molecule has 0 spiro atoms. The van der Waals surface area contributed by atoms with Crippen molar-refractivity contribution in [3.63, 3.8) is 0 Å². The van der Waals surface area contributed by atoms with Crippen LogP contribution in [-0.2, 0) is 17.8 Å². The average molecular weight is 339 g/mol. The van der Waals surface area contributed by atoms with Gasteiger partial charge in [0, 0.05) is 36.4 Å². The molecule has 6 heteroatoms. The van der Waals surface area contributed by atoms with E-state index in [0.717, 1.165) is 32.0 Å². The van der Waals surface area contributed by atoms with Gasteiger partial charge < -0.3 is 15.1 Å². The van der Waals surface area contributed by atoms with Gasteiger partial charge in [-0.1, -0.05) is 6.92 Å². The van der Waals surface area contributed by atoms with Crippen molar-refractivity contribution in [3.8, 4) is 0 Å². The molecule has 0 aliphatic heterocycles. The normalized spacial score (nSPS) is 11.4. The lowest BCUT2D eigenvalue weighted by Crippen LogP contribution is -2.45. The predicted molar refractivity (Wildman–Crippen MR) is 99.1 cm³/mol. The fourth-order valence-corrected chi connectivity index (χ4v) is 3.16. The van der Waals surface area contributed by atoms with Gasteiger partial charge in [-0.05, 0) is 39.3 Å². The molecule has 23 heavy (non-hydrogen) atoms. The van der Waals surface area contributed by atoms with Crippen molar-refractivity contribution < 1.29 is 4.79 Å². The molecule has 1 N–H and O–H groups in total. The fraction of sp³-hybridized carbons (Fsp3) is 0.647. The van der Waals surface area contributed by atoms with Gasteiger partial charge in [-0.2, -0.15) is 0 Å². The minimum absolute atomic E-state index is 0.132. The lowest BCUT2D eigenvalue weighted by molar-refractivity contribution is -0.131. The summed E-state index contributed by atoms with van der Waals surface area (Å²) in [5.41, 5.74) is 0. The first-order chi connectivity index (χ1) is 11.0. The molecule has 0 atom stereocenters. The van der Waals surface area contributed by atoms with E-state index in [2.05, 4.69) is 29.4 Å². The maximum atomic E-state index is 12.2. The second-order valence-electron chi connectivity index (χ2n) is 5.31. The Hall–Kier alpha value is -1.56. The number of guanidine groups is 1. The van der Waals surface area contributed by atoms with Gasteiger partial charge in [0.1, 0.15) is 0 Å². The average Bonchev–Trinajstić information content (AvgIpc) is 3.00. The summed E-state index contributed by atoms with van der Waals surface area (Å²) in [5, 5.41) is 3.26. The Labute approximate surface area is 144 Å². The van der Waals surface area contributed by atoms with Gasteiger partial charge in [-0.3, -0.25) is 4.79 Å². The minimum Gasteiger partial charge on any atom is -0.357 e. The maximum absolute atomic E-state index is 12.2. The van der Waals surface area contributed by atoms with E-state index < -0.39 is 0 Å². The lowest BCUT2D eigenvalue weighted by atomic mass is 10.4. The third-order valence-electron chi connectivity index (χ3n) is 3.64. The highest BCUT2D eigenvalue weighted by molar-refractivity contribution is 7.11. The molecule has 0 saturated carbocycles. The molecule has 1 amide bonds. The van der Waals surface area contributed by atoms with Gasteiger partial charge >= 0.3 is 0 Å². The third-order valence-corrected chi connectivity index (χ3v) is 4.85. The van der Waals surface area contributed by atoms with Crippen LogP contribution in [0.5, 0.6) is 0 Å². The molecule has 0 aliphatic carbocycles. The van der Waals surface area contributed by atoms with E-state index in [1.165, 1.54) is 9.75 Å². The first kappa shape index (κ1) is 19.5. The standard InChI is InChI=1S/C17H30N4OS/c1-6-14-10-11-15(23-14)12-19-17(18-7-2)20(5)13-16(22)21(8-3)9-4/h10-11H,6-9,12-13H2,1-5H3,(H,18,19). The Morgan fingerprint density at radius 2 is 1.83 bits per heavy atom. The SMILES string of the molecule is CCNC(=NCc1ccc(CC)s1)N(C)CC(=O)N(CC)CC. The second-order valence-corrected chi connectivity index (χ2v) is 6.57. The number of nitrogens with zero attached hydrogens (tertiary/aromatic N) is 3. The molecule has 0 bridgehead atoms. The van der Waals surface area contributed by atoms with Crippen molar-refractivity contribution in [3.05, 3.63) is 21.9 Å². The van der Waals surface area contributed by atoms with Crippen LogP contribution in [0.1, 0.15) is 37.4 Å². The zero-order valence-corrected chi connectivity index (χ0v) is 15.9. The van der Waals surface area contributed by atoms with Crippen LogP contribution in [0.4, 0.5) is 0 Å². The number of aliphatic imine (C=N–C) groups is 1. The number of likely N-dealkylation sites (N-methyl/N-ethyl adjacent to an activating group) is 2. The summed E-state index contributed by atoms with van der Waals surface area (Å²) in [7, 11) is 1.91. The Morgan fingerprint density at radius 3 is 2.35 bits per heavy atom. The molecular weight excluding hydrogens is 308 g/mol. The Balaban J connectivity index is 2.71. The van der Waals surface area contributed by atoms with Crippen LogP contribution in [-0.4, -0.2) is 54.9 Å². The molecule has 0 unspecified atom stereocenters. The molecule has 1 aromatic heterocycles. The molecule has 130 valence electrons. The summed E-state index contributed by atoms with van der Waals surface area (Å²) in [6, 6.07) is 4.30. The number of amides is 1. The number of carbonyl (C=O) groups is 1. The lowest BCUT2D eigenvalue weighted by Gasteiger charge is -2.25. The third kappa shape index (κ3) is 6.22. The predicted octanol–water partition coefficient (Wildman–Crippen LogP) is 2.58. The van der Waals surface area contributed by atoms with Crippen molar-refractivity contribution in [2.75, 3.05) is 33.2 Å². The molecular formula is C17H30N4OS. The van der Waals surface area contributed by atoms with Crippen LogP contribution in [0.15, 0.2) is 17.1 Å². The van der Waals surface area contributed by atoms with Gasteiger partial charge in [0.25, 0.3) is 0 Å². The highest BCUT2D eigenvalue weighted by Crippen LogP contribution is 2.17. The molecule has 5 nitrogen and oxygen atoms in total. The highest BCUT2D eigenvalue weighted by Gasteiger charge is 2.15. The fourth-order valence-electron chi connectivity index (χ4n) is 2.27. The number of nitrogens with one attached hydrogen (secondary N) is 1. The molecule has 1 rings (SSSR count). The van der Waals surface area contributed by atoms with E-state index in [4.69, 9.17) is 0 Å². The van der Waals surface area contributed by atoms with Crippen molar-refractivity contribution in [2.24, 2.45) is 4.99 Å². The minimum atomic E-state index is 0.132. The molecule has 1 aromatic rings. The van der Waals surface area contributed by atoms with Crippen LogP contribution in [0.2, 0.25) is 0 Å². The van der Waals surface area contributed by atoms with Crippen molar-refractivity contribution in [1.29, 1.82) is 0 Å². The molecule has 0 aromatic carbocycles. The molecule has 0 saturated heterocycles. The van der Waals surface area contributed by atoms with Crippen molar-refractivity contribution in [1.82, 2.24) is 15.1 Å². The van der Waals surface area contributed by atoms with E-state index in [0.29, 0.717) is 13.1 Å². The van der Waals surface area contributed by atoms with Crippen molar-refractivity contribution >= 4 is 23.2 Å². The number of aryl methyl sites for hydroxylation is 1. The number of thiophene rings is 1. The van der Waals surface area contributed by atoms with Crippen LogP contribution < -0.4 is 5.32 Å². The van der Waals surface area contributed by atoms with E-state index in [1.54, 1.807) is 11.3 Å². The second kappa shape index (κ2) is 10.3. The molecule has 0 aliphatic rings. The first-order valence-corrected chi connectivity index (χ1v) is 9.22. The number of carbonyl (C=O) groups excluding carboxylic acids is 1. The summed E-state index contributed by atoms with van der Waals surface area (Å²) in [6.07, 6.45) is 1.06. The number of hydrogen-bond donors (Lipinski definition) is 1. The van der Waals surface area contributed by atoms with Gasteiger partial charge in [-0.25, -0.2) is 4.99 Å². The van der Waals surface area contributed by atoms with Gasteiger partial charge in [0.05, 0.1) is 13.1 Å². The summed E-state index contributed by atoms with van der Waals surface area (Å²) >= 11 is 1.80. The van der Waals surface area contributed by atoms with Crippen LogP contribution >= 0.6 is 11.3 Å². The quantitative estimate of drug-likeness (QED) is 0.585. The summed E-state index contributed by atoms with van der Waals surface area (Å²) in [4.78, 5) is 23.3. The largest absolute Gasteiger partial charge is 0.357 e. The summed E-state index contributed by atoms with van der Waals surface area (Å²) in [5.74, 6) is 0.909.